The van der Waals surface area contributed by atoms with Crippen molar-refractivity contribution in [1.82, 2.24) is 10.2 Å². The Bertz CT molecular complexity index is 159. The van der Waals surface area contributed by atoms with Gasteiger partial charge in [-0.25, -0.2) is 0 Å². The minimum atomic E-state index is -0.760. The molecule has 0 bridgehead atoms. The van der Waals surface area contributed by atoms with E-state index in [2.05, 4.69) is 17.1 Å². The number of aliphatic carboxylic acids is 1. The van der Waals surface area contributed by atoms with Crippen LogP contribution in [0, 0.1) is 6.92 Å². The van der Waals surface area contributed by atoms with Crippen molar-refractivity contribution in [3.63, 3.8) is 0 Å². The summed E-state index contributed by atoms with van der Waals surface area (Å²) >= 11 is 0. The van der Waals surface area contributed by atoms with Crippen molar-refractivity contribution in [3.05, 3.63) is 6.92 Å². The molecular formula is C8H15N2O2. The summed E-state index contributed by atoms with van der Waals surface area (Å²) in [7, 11) is 0. The van der Waals surface area contributed by atoms with Gasteiger partial charge in [0.1, 0.15) is 6.04 Å². The van der Waals surface area contributed by atoms with Gasteiger partial charge in [-0.05, 0) is 13.0 Å². The summed E-state index contributed by atoms with van der Waals surface area (Å²) < 4.78 is 0. The Morgan fingerprint density at radius 1 is 1.75 bits per heavy atom. The highest BCUT2D eigenvalue weighted by Crippen LogP contribution is 1.99. The first kappa shape index (κ1) is 9.48. The Kier molecular flexibility index (Phi) is 3.49. The first-order valence-electron chi connectivity index (χ1n) is 4.22. The second-order valence-corrected chi connectivity index (χ2v) is 3.00. The number of nitrogens with zero attached hydrogens (tertiary/aromatic N) is 1. The first-order valence-corrected chi connectivity index (χ1v) is 4.22. The molecule has 1 heterocycles. The number of rotatable bonds is 3. The predicted octanol–water partition coefficient (Wildman–Crippen LogP) is -0.431. The lowest BCUT2D eigenvalue weighted by Gasteiger charge is -2.31. The summed E-state index contributed by atoms with van der Waals surface area (Å²) in [5, 5.41) is 11.7. The zero-order valence-electron chi connectivity index (χ0n) is 7.12. The molecule has 4 nitrogen and oxygen atoms in total. The minimum Gasteiger partial charge on any atom is -0.480 e. The topological polar surface area (TPSA) is 52.6 Å². The van der Waals surface area contributed by atoms with E-state index in [4.69, 9.17) is 5.11 Å². The maximum atomic E-state index is 10.6. The van der Waals surface area contributed by atoms with Crippen molar-refractivity contribution in [3.8, 4) is 0 Å². The van der Waals surface area contributed by atoms with Crippen LogP contribution in [0.1, 0.15) is 6.42 Å². The van der Waals surface area contributed by atoms with E-state index >= 15 is 0 Å². The maximum absolute atomic E-state index is 10.6. The Balaban J connectivity index is 2.35. The molecule has 0 aromatic heterocycles. The zero-order chi connectivity index (χ0) is 8.97. The molecule has 1 fully saturated rings. The molecule has 1 radical (unpaired) electrons. The third-order valence-electron chi connectivity index (χ3n) is 2.03. The SMILES string of the molecule is [CH2]CCN1CCNC(C(=O)O)C1. The van der Waals surface area contributed by atoms with E-state index < -0.39 is 12.0 Å². The first-order chi connectivity index (χ1) is 5.74. The fourth-order valence-electron chi connectivity index (χ4n) is 1.40. The van der Waals surface area contributed by atoms with Crippen LogP contribution in [0.4, 0.5) is 0 Å². The number of carboxylic acid groups (broad SMARTS) is 1. The fraction of sp³-hybridized carbons (Fsp3) is 0.750. The molecule has 0 spiro atoms. The lowest BCUT2D eigenvalue weighted by atomic mass is 10.2. The number of carboxylic acids is 1. The minimum absolute atomic E-state index is 0.398. The van der Waals surface area contributed by atoms with E-state index in [0.717, 1.165) is 26.1 Å². The normalized spacial score (nSPS) is 25.6. The van der Waals surface area contributed by atoms with Gasteiger partial charge in [-0.3, -0.25) is 9.69 Å². The van der Waals surface area contributed by atoms with Gasteiger partial charge in [0.2, 0.25) is 0 Å². The number of piperazine rings is 1. The highest BCUT2D eigenvalue weighted by atomic mass is 16.4. The van der Waals surface area contributed by atoms with Gasteiger partial charge in [0.15, 0.2) is 0 Å². The van der Waals surface area contributed by atoms with E-state index in [0.29, 0.717) is 6.54 Å². The van der Waals surface area contributed by atoms with E-state index in [1.807, 2.05) is 0 Å². The van der Waals surface area contributed by atoms with Crippen LogP contribution >= 0.6 is 0 Å². The second kappa shape index (κ2) is 4.42. The quantitative estimate of drug-likeness (QED) is 0.605. The maximum Gasteiger partial charge on any atom is 0.322 e. The molecular weight excluding hydrogens is 156 g/mol. The van der Waals surface area contributed by atoms with Crippen LogP contribution < -0.4 is 5.32 Å². The molecule has 12 heavy (non-hydrogen) atoms. The van der Waals surface area contributed by atoms with E-state index in [9.17, 15) is 4.79 Å². The summed E-state index contributed by atoms with van der Waals surface area (Å²) in [5.41, 5.74) is 0. The summed E-state index contributed by atoms with van der Waals surface area (Å²) in [6.07, 6.45) is 0.840. The smallest absolute Gasteiger partial charge is 0.322 e. The molecule has 0 saturated carbocycles. The summed E-state index contributed by atoms with van der Waals surface area (Å²) in [6, 6.07) is -0.398. The van der Waals surface area contributed by atoms with Crippen LogP contribution in [0.5, 0.6) is 0 Å². The summed E-state index contributed by atoms with van der Waals surface area (Å²) in [4.78, 5) is 12.7. The molecule has 1 atom stereocenters. The average Bonchev–Trinajstić information content (AvgIpc) is 2.05. The highest BCUT2D eigenvalue weighted by Gasteiger charge is 2.23. The average molecular weight is 171 g/mol. The molecule has 2 N–H and O–H groups in total. The number of carbonyl (C=O) groups is 1. The lowest BCUT2D eigenvalue weighted by molar-refractivity contribution is -0.140. The van der Waals surface area contributed by atoms with Crippen LogP contribution in [-0.2, 0) is 4.79 Å². The standard InChI is InChI=1S/C8H15N2O2/c1-2-4-10-5-3-9-7(6-10)8(11)12/h7,9H,1-6H2,(H,11,12). The third kappa shape index (κ3) is 2.46. The third-order valence-corrected chi connectivity index (χ3v) is 2.03. The molecule has 1 aliphatic rings. The van der Waals surface area contributed by atoms with Crippen molar-refractivity contribution in [2.45, 2.75) is 12.5 Å². The predicted molar refractivity (Wildman–Crippen MR) is 45.8 cm³/mol. The van der Waals surface area contributed by atoms with Crippen LogP contribution in [0.2, 0.25) is 0 Å². The van der Waals surface area contributed by atoms with Gasteiger partial charge >= 0.3 is 5.97 Å². The Morgan fingerprint density at radius 2 is 2.50 bits per heavy atom. The summed E-state index contributed by atoms with van der Waals surface area (Å²) in [5.74, 6) is -0.760. The van der Waals surface area contributed by atoms with Crippen LogP contribution in [0.15, 0.2) is 0 Å². The van der Waals surface area contributed by atoms with Gasteiger partial charge in [-0.1, -0.05) is 6.92 Å². The highest BCUT2D eigenvalue weighted by molar-refractivity contribution is 5.73. The molecule has 1 saturated heterocycles. The lowest BCUT2D eigenvalue weighted by Crippen LogP contribution is -2.54. The van der Waals surface area contributed by atoms with Gasteiger partial charge < -0.3 is 10.4 Å². The molecule has 0 aromatic carbocycles. The van der Waals surface area contributed by atoms with Crippen molar-refractivity contribution >= 4 is 5.97 Å². The molecule has 0 aromatic rings. The van der Waals surface area contributed by atoms with Crippen LogP contribution in [0.3, 0.4) is 0 Å². The van der Waals surface area contributed by atoms with E-state index in [1.165, 1.54) is 0 Å². The molecule has 1 aliphatic heterocycles. The second-order valence-electron chi connectivity index (χ2n) is 3.00. The van der Waals surface area contributed by atoms with Gasteiger partial charge in [0, 0.05) is 19.6 Å². The van der Waals surface area contributed by atoms with Gasteiger partial charge in [0.05, 0.1) is 0 Å². The van der Waals surface area contributed by atoms with Gasteiger partial charge in [-0.2, -0.15) is 0 Å². The van der Waals surface area contributed by atoms with Crippen LogP contribution in [0.25, 0.3) is 0 Å². The number of hydrogen-bond acceptors (Lipinski definition) is 3. The molecule has 4 heteroatoms. The van der Waals surface area contributed by atoms with Gasteiger partial charge in [0.25, 0.3) is 0 Å². The van der Waals surface area contributed by atoms with E-state index in [1.54, 1.807) is 0 Å². The van der Waals surface area contributed by atoms with E-state index in [-0.39, 0.29) is 0 Å². The fourth-order valence-corrected chi connectivity index (χ4v) is 1.40. The summed E-state index contributed by atoms with van der Waals surface area (Å²) in [6.45, 7) is 6.93. The Morgan fingerprint density at radius 3 is 3.08 bits per heavy atom. The molecule has 69 valence electrons. The molecule has 1 rings (SSSR count). The molecule has 1 unspecified atom stereocenters. The van der Waals surface area contributed by atoms with Crippen molar-refractivity contribution in [1.29, 1.82) is 0 Å². The Labute approximate surface area is 72.6 Å². The van der Waals surface area contributed by atoms with Crippen molar-refractivity contribution < 1.29 is 9.90 Å². The van der Waals surface area contributed by atoms with Crippen LogP contribution in [-0.4, -0.2) is 48.2 Å². The van der Waals surface area contributed by atoms with Crippen molar-refractivity contribution in [2.75, 3.05) is 26.2 Å². The number of nitrogens with one attached hydrogen (secondary N) is 1. The number of hydrogen-bond donors (Lipinski definition) is 2. The molecule has 0 aliphatic carbocycles. The zero-order valence-corrected chi connectivity index (χ0v) is 7.12. The monoisotopic (exact) mass is 171 g/mol. The van der Waals surface area contributed by atoms with Gasteiger partial charge in [-0.15, -0.1) is 0 Å². The largest absolute Gasteiger partial charge is 0.480 e. The Hall–Kier alpha value is -0.610. The van der Waals surface area contributed by atoms with Crippen molar-refractivity contribution in [2.24, 2.45) is 0 Å². The molecule has 0 amide bonds.